The molecule has 2 rings (SSSR count). The number of hydrogen-bond acceptors (Lipinski definition) is 2. The third-order valence-corrected chi connectivity index (χ3v) is 4.53. The first kappa shape index (κ1) is 13.4. The van der Waals surface area contributed by atoms with Crippen LogP contribution in [0.5, 0.6) is 0 Å². The first-order valence-electron chi connectivity index (χ1n) is 5.51. The molecule has 0 fully saturated rings. The Morgan fingerprint density at radius 2 is 0.944 bits per heavy atom. The van der Waals surface area contributed by atoms with Gasteiger partial charge in [0.1, 0.15) is 11.6 Å². The maximum absolute atomic E-state index is 12.7. The summed E-state index contributed by atoms with van der Waals surface area (Å²) < 4.78 is 25.4. The van der Waals surface area contributed by atoms with Crippen molar-refractivity contribution < 1.29 is 8.78 Å². The highest BCUT2D eigenvalue weighted by atomic mass is 32.2. The van der Waals surface area contributed by atoms with E-state index in [1.807, 2.05) is 0 Å². The Morgan fingerprint density at radius 1 is 0.611 bits per heavy atom. The van der Waals surface area contributed by atoms with E-state index >= 15 is 0 Å². The van der Waals surface area contributed by atoms with Crippen molar-refractivity contribution in [2.75, 3.05) is 11.5 Å². The third kappa shape index (κ3) is 4.35. The zero-order chi connectivity index (χ0) is 12.8. The van der Waals surface area contributed by atoms with Crippen molar-refractivity contribution in [3.05, 3.63) is 60.2 Å². The molecule has 0 nitrogen and oxygen atoms in total. The van der Waals surface area contributed by atoms with Crippen LogP contribution < -0.4 is 0 Å². The molecule has 2 aromatic rings. The molecule has 0 N–H and O–H groups in total. The third-order valence-electron chi connectivity index (χ3n) is 2.25. The average molecular weight is 282 g/mol. The molecular weight excluding hydrogens is 270 g/mol. The second-order valence-electron chi connectivity index (χ2n) is 3.60. The van der Waals surface area contributed by atoms with Gasteiger partial charge in [-0.25, -0.2) is 8.78 Å². The molecule has 0 amide bonds. The highest BCUT2D eigenvalue weighted by Gasteiger charge is 1.97. The predicted octanol–water partition coefficient (Wildman–Crippen LogP) is 4.85. The van der Waals surface area contributed by atoms with Crippen LogP contribution in [-0.4, -0.2) is 11.5 Å². The molecule has 2 aromatic carbocycles. The summed E-state index contributed by atoms with van der Waals surface area (Å²) in [5.74, 6) is 1.46. The van der Waals surface area contributed by atoms with Crippen LogP contribution in [0, 0.1) is 11.6 Å². The SMILES string of the molecule is Fc1ccc(SCCSc2ccc(F)cc2)cc1. The summed E-state index contributed by atoms with van der Waals surface area (Å²) in [6, 6.07) is 13.0. The van der Waals surface area contributed by atoms with E-state index in [1.54, 1.807) is 47.8 Å². The lowest BCUT2D eigenvalue weighted by atomic mass is 10.4. The van der Waals surface area contributed by atoms with E-state index in [-0.39, 0.29) is 11.6 Å². The highest BCUT2D eigenvalue weighted by Crippen LogP contribution is 2.23. The number of halogens is 2. The molecule has 4 heteroatoms. The lowest BCUT2D eigenvalue weighted by Gasteiger charge is -2.02. The van der Waals surface area contributed by atoms with E-state index in [2.05, 4.69) is 0 Å². The smallest absolute Gasteiger partial charge is 0.123 e. The molecule has 0 unspecified atom stereocenters. The maximum Gasteiger partial charge on any atom is 0.123 e. The van der Waals surface area contributed by atoms with Gasteiger partial charge in [-0.1, -0.05) is 0 Å². The van der Waals surface area contributed by atoms with Crippen LogP contribution in [0.25, 0.3) is 0 Å². The predicted molar refractivity (Wildman–Crippen MR) is 74.2 cm³/mol. The topological polar surface area (TPSA) is 0 Å². The van der Waals surface area contributed by atoms with Crippen molar-refractivity contribution in [1.29, 1.82) is 0 Å². The van der Waals surface area contributed by atoms with Gasteiger partial charge in [0.05, 0.1) is 0 Å². The molecule has 0 aliphatic carbocycles. The van der Waals surface area contributed by atoms with Crippen LogP contribution in [0.15, 0.2) is 58.3 Å². The van der Waals surface area contributed by atoms with Gasteiger partial charge in [0.25, 0.3) is 0 Å². The van der Waals surface area contributed by atoms with E-state index in [9.17, 15) is 8.78 Å². The normalized spacial score (nSPS) is 10.6. The molecule has 94 valence electrons. The fourth-order valence-electron chi connectivity index (χ4n) is 1.38. The molecule has 0 spiro atoms. The maximum atomic E-state index is 12.7. The lowest BCUT2D eigenvalue weighted by Crippen LogP contribution is -1.85. The van der Waals surface area contributed by atoms with E-state index in [4.69, 9.17) is 0 Å². The number of thioether (sulfide) groups is 2. The Kier molecular flexibility index (Phi) is 5.08. The summed E-state index contributed by atoms with van der Waals surface area (Å²) in [6.07, 6.45) is 0. The Balaban J connectivity index is 1.73. The Hall–Kier alpha value is -1.00. The molecule has 0 saturated carbocycles. The minimum atomic E-state index is -0.208. The Morgan fingerprint density at radius 3 is 1.28 bits per heavy atom. The van der Waals surface area contributed by atoms with E-state index in [0.29, 0.717) is 0 Å². The largest absolute Gasteiger partial charge is 0.207 e. The van der Waals surface area contributed by atoms with E-state index in [1.165, 1.54) is 24.3 Å². The molecular formula is C14H12F2S2. The zero-order valence-corrected chi connectivity index (χ0v) is 11.2. The van der Waals surface area contributed by atoms with E-state index in [0.717, 1.165) is 21.3 Å². The summed E-state index contributed by atoms with van der Waals surface area (Å²) in [6.45, 7) is 0. The molecule has 0 aliphatic heterocycles. The molecule has 0 bridgehead atoms. The van der Waals surface area contributed by atoms with Crippen molar-refractivity contribution >= 4 is 23.5 Å². The van der Waals surface area contributed by atoms with Crippen LogP contribution in [0.1, 0.15) is 0 Å². The van der Waals surface area contributed by atoms with E-state index < -0.39 is 0 Å². The lowest BCUT2D eigenvalue weighted by molar-refractivity contribution is 0.626. The summed E-state index contributed by atoms with van der Waals surface area (Å²) in [5, 5.41) is 0. The van der Waals surface area contributed by atoms with Crippen molar-refractivity contribution in [3.63, 3.8) is 0 Å². The quantitative estimate of drug-likeness (QED) is 0.568. The molecule has 0 saturated heterocycles. The first-order valence-corrected chi connectivity index (χ1v) is 7.48. The van der Waals surface area contributed by atoms with Crippen molar-refractivity contribution in [2.24, 2.45) is 0 Å². The van der Waals surface area contributed by atoms with Crippen LogP contribution in [-0.2, 0) is 0 Å². The monoisotopic (exact) mass is 282 g/mol. The van der Waals surface area contributed by atoms with Crippen LogP contribution >= 0.6 is 23.5 Å². The van der Waals surface area contributed by atoms with Crippen molar-refractivity contribution in [2.45, 2.75) is 9.79 Å². The van der Waals surface area contributed by atoms with Crippen molar-refractivity contribution in [1.82, 2.24) is 0 Å². The molecule has 0 radical (unpaired) electrons. The number of benzene rings is 2. The minimum absolute atomic E-state index is 0.208. The van der Waals surface area contributed by atoms with Crippen LogP contribution in [0.3, 0.4) is 0 Å². The average Bonchev–Trinajstić information content (AvgIpc) is 2.39. The van der Waals surface area contributed by atoms with Gasteiger partial charge in [-0.3, -0.25) is 0 Å². The molecule has 0 heterocycles. The van der Waals surface area contributed by atoms with Gasteiger partial charge in [-0.15, -0.1) is 23.5 Å². The Labute approximate surface area is 114 Å². The fraction of sp³-hybridized carbons (Fsp3) is 0.143. The summed E-state index contributed by atoms with van der Waals surface area (Å²) >= 11 is 3.38. The van der Waals surface area contributed by atoms with Crippen molar-refractivity contribution in [3.8, 4) is 0 Å². The summed E-state index contributed by atoms with van der Waals surface area (Å²) in [4.78, 5) is 2.13. The standard InChI is InChI=1S/C14H12F2S2/c15-11-1-5-13(6-2-11)17-9-10-18-14-7-3-12(16)4-8-14/h1-8H,9-10H2. The van der Waals surface area contributed by atoms with Gasteiger partial charge in [-0.2, -0.15) is 0 Å². The number of hydrogen-bond donors (Lipinski definition) is 0. The summed E-state index contributed by atoms with van der Waals surface area (Å²) in [7, 11) is 0. The van der Waals surface area contributed by atoms with Crippen LogP contribution in [0.2, 0.25) is 0 Å². The van der Waals surface area contributed by atoms with Gasteiger partial charge >= 0.3 is 0 Å². The second-order valence-corrected chi connectivity index (χ2v) is 5.94. The van der Waals surface area contributed by atoms with Gasteiger partial charge in [-0.05, 0) is 48.5 Å². The molecule has 18 heavy (non-hydrogen) atoms. The van der Waals surface area contributed by atoms with Gasteiger partial charge in [0, 0.05) is 21.3 Å². The highest BCUT2D eigenvalue weighted by molar-refractivity contribution is 8.03. The fourth-order valence-corrected chi connectivity index (χ4v) is 3.18. The molecule has 0 aliphatic rings. The van der Waals surface area contributed by atoms with Gasteiger partial charge < -0.3 is 0 Å². The summed E-state index contributed by atoms with van der Waals surface area (Å²) in [5.41, 5.74) is 0. The van der Waals surface area contributed by atoms with Crippen LogP contribution in [0.4, 0.5) is 8.78 Å². The second kappa shape index (κ2) is 6.81. The zero-order valence-electron chi connectivity index (χ0n) is 9.61. The Bertz CT molecular complexity index is 433. The van der Waals surface area contributed by atoms with Gasteiger partial charge in [0.2, 0.25) is 0 Å². The number of rotatable bonds is 5. The van der Waals surface area contributed by atoms with Gasteiger partial charge in [0.15, 0.2) is 0 Å². The minimum Gasteiger partial charge on any atom is -0.207 e. The molecule has 0 aromatic heterocycles. The first-order chi connectivity index (χ1) is 8.74. The molecule has 0 atom stereocenters.